The van der Waals surface area contributed by atoms with Crippen LogP contribution in [-0.2, 0) is 9.59 Å². The normalized spacial score (nSPS) is 21.9. The molecule has 2 aliphatic rings. The molecule has 1 heterocycles. The summed E-state index contributed by atoms with van der Waals surface area (Å²) in [5, 5.41) is 0. The Balaban J connectivity index is 1.88. The molecule has 3 rings (SSSR count). The Morgan fingerprint density at radius 1 is 1.05 bits per heavy atom. The van der Waals surface area contributed by atoms with Crippen molar-refractivity contribution in [3.05, 3.63) is 23.8 Å². The van der Waals surface area contributed by atoms with Crippen molar-refractivity contribution in [3.8, 4) is 0 Å². The van der Waals surface area contributed by atoms with Gasteiger partial charge in [-0.05, 0) is 42.9 Å². The van der Waals surface area contributed by atoms with E-state index < -0.39 is 0 Å². The van der Waals surface area contributed by atoms with E-state index in [1.165, 1.54) is 11.3 Å². The van der Waals surface area contributed by atoms with E-state index >= 15 is 0 Å². The SMILES string of the molecule is Cc1ccc(N2C(=O)CC3(CCCCC3)CC2=O)c(N)c1. The van der Waals surface area contributed by atoms with Gasteiger partial charge in [0.1, 0.15) is 0 Å². The summed E-state index contributed by atoms with van der Waals surface area (Å²) in [5.41, 5.74) is 7.98. The number of rotatable bonds is 1. The van der Waals surface area contributed by atoms with Gasteiger partial charge in [0.15, 0.2) is 0 Å². The zero-order chi connectivity index (χ0) is 15.0. The maximum atomic E-state index is 12.6. The Morgan fingerprint density at radius 3 is 2.24 bits per heavy atom. The predicted octanol–water partition coefficient (Wildman–Crippen LogP) is 3.18. The van der Waals surface area contributed by atoms with Crippen molar-refractivity contribution in [2.75, 3.05) is 10.6 Å². The van der Waals surface area contributed by atoms with E-state index in [0.29, 0.717) is 24.2 Å². The minimum atomic E-state index is -0.0938. The van der Waals surface area contributed by atoms with E-state index in [1.807, 2.05) is 13.0 Å². The number of imide groups is 1. The van der Waals surface area contributed by atoms with Crippen LogP contribution in [0.4, 0.5) is 11.4 Å². The Labute approximate surface area is 125 Å². The summed E-state index contributed by atoms with van der Waals surface area (Å²) in [6.45, 7) is 1.94. The molecule has 0 unspecified atom stereocenters. The number of nitrogens with two attached hydrogens (primary N) is 1. The highest BCUT2D eigenvalue weighted by molar-refractivity contribution is 6.18. The fourth-order valence-electron chi connectivity index (χ4n) is 3.80. The smallest absolute Gasteiger partial charge is 0.234 e. The van der Waals surface area contributed by atoms with Crippen LogP contribution in [0.25, 0.3) is 0 Å². The van der Waals surface area contributed by atoms with Crippen molar-refractivity contribution in [2.45, 2.75) is 51.9 Å². The highest BCUT2D eigenvalue weighted by Gasteiger charge is 2.44. The topological polar surface area (TPSA) is 63.4 Å². The molecule has 1 aromatic rings. The molecular weight excluding hydrogens is 264 g/mol. The lowest BCUT2D eigenvalue weighted by atomic mass is 9.67. The highest BCUT2D eigenvalue weighted by atomic mass is 16.2. The van der Waals surface area contributed by atoms with Crippen molar-refractivity contribution in [1.29, 1.82) is 0 Å². The Hall–Kier alpha value is -1.84. The van der Waals surface area contributed by atoms with Crippen LogP contribution >= 0.6 is 0 Å². The standard InChI is InChI=1S/C17H22N2O2/c1-12-5-6-14(13(18)9-12)19-15(20)10-17(11-16(19)21)7-3-2-4-8-17/h5-6,9H,2-4,7-8,10-11,18H2,1H3. The first-order valence-corrected chi connectivity index (χ1v) is 7.73. The molecule has 1 aliphatic carbocycles. The molecule has 2 amide bonds. The number of amides is 2. The summed E-state index contributed by atoms with van der Waals surface area (Å²) in [7, 11) is 0. The Bertz CT molecular complexity index is 568. The van der Waals surface area contributed by atoms with Crippen LogP contribution in [-0.4, -0.2) is 11.8 Å². The molecule has 0 bridgehead atoms. The number of nitrogen functional groups attached to an aromatic ring is 1. The van der Waals surface area contributed by atoms with Crippen LogP contribution in [0.5, 0.6) is 0 Å². The van der Waals surface area contributed by atoms with E-state index in [0.717, 1.165) is 31.2 Å². The second-order valence-corrected chi connectivity index (χ2v) is 6.60. The molecule has 4 nitrogen and oxygen atoms in total. The van der Waals surface area contributed by atoms with Crippen LogP contribution in [0.3, 0.4) is 0 Å². The number of aryl methyl sites for hydroxylation is 1. The number of nitrogens with zero attached hydrogens (tertiary/aromatic N) is 1. The number of hydrogen-bond donors (Lipinski definition) is 1. The molecule has 4 heteroatoms. The third-order valence-electron chi connectivity index (χ3n) is 4.89. The second-order valence-electron chi connectivity index (χ2n) is 6.60. The first kappa shape index (κ1) is 14.1. The van der Waals surface area contributed by atoms with Gasteiger partial charge in [-0.25, -0.2) is 4.90 Å². The molecular formula is C17H22N2O2. The first-order chi connectivity index (χ1) is 10.0. The number of benzene rings is 1. The van der Waals surface area contributed by atoms with E-state index in [-0.39, 0.29) is 17.2 Å². The number of piperidine rings is 1. The minimum Gasteiger partial charge on any atom is -0.397 e. The van der Waals surface area contributed by atoms with Gasteiger partial charge >= 0.3 is 0 Å². The van der Waals surface area contributed by atoms with Gasteiger partial charge in [0.25, 0.3) is 0 Å². The van der Waals surface area contributed by atoms with Gasteiger partial charge in [-0.15, -0.1) is 0 Å². The first-order valence-electron chi connectivity index (χ1n) is 7.73. The lowest BCUT2D eigenvalue weighted by Crippen LogP contribution is -2.49. The largest absolute Gasteiger partial charge is 0.397 e. The quantitative estimate of drug-likeness (QED) is 0.637. The molecule has 1 aromatic carbocycles. The number of carbonyl (C=O) groups is 2. The Morgan fingerprint density at radius 2 is 1.67 bits per heavy atom. The van der Waals surface area contributed by atoms with E-state index in [2.05, 4.69) is 0 Å². The number of carbonyl (C=O) groups excluding carboxylic acids is 2. The second kappa shape index (κ2) is 5.17. The third kappa shape index (κ3) is 2.55. The molecule has 112 valence electrons. The Kier molecular flexibility index (Phi) is 3.47. The summed E-state index contributed by atoms with van der Waals surface area (Å²) in [6, 6.07) is 5.47. The molecule has 1 spiro atoms. The van der Waals surface area contributed by atoms with E-state index in [1.54, 1.807) is 12.1 Å². The average molecular weight is 286 g/mol. The molecule has 0 atom stereocenters. The molecule has 1 saturated heterocycles. The summed E-state index contributed by atoms with van der Waals surface area (Å²) in [6.07, 6.45) is 6.45. The van der Waals surface area contributed by atoms with E-state index in [4.69, 9.17) is 5.73 Å². The number of anilines is 2. The van der Waals surface area contributed by atoms with Crippen LogP contribution < -0.4 is 10.6 Å². The van der Waals surface area contributed by atoms with E-state index in [9.17, 15) is 9.59 Å². The van der Waals surface area contributed by atoms with Gasteiger partial charge in [-0.1, -0.05) is 25.3 Å². The molecule has 2 fully saturated rings. The van der Waals surface area contributed by atoms with Crippen molar-refractivity contribution in [3.63, 3.8) is 0 Å². The number of hydrogen-bond acceptors (Lipinski definition) is 3. The van der Waals surface area contributed by atoms with Gasteiger partial charge in [0.2, 0.25) is 11.8 Å². The molecule has 0 aromatic heterocycles. The average Bonchev–Trinajstić information content (AvgIpc) is 2.41. The fourth-order valence-corrected chi connectivity index (χ4v) is 3.80. The van der Waals surface area contributed by atoms with Crippen LogP contribution in [0, 0.1) is 12.3 Å². The van der Waals surface area contributed by atoms with Crippen molar-refractivity contribution in [2.24, 2.45) is 5.41 Å². The van der Waals surface area contributed by atoms with Crippen molar-refractivity contribution in [1.82, 2.24) is 0 Å². The van der Waals surface area contributed by atoms with Gasteiger partial charge in [-0.3, -0.25) is 9.59 Å². The molecule has 21 heavy (non-hydrogen) atoms. The molecule has 1 aliphatic heterocycles. The van der Waals surface area contributed by atoms with Gasteiger partial charge in [-0.2, -0.15) is 0 Å². The summed E-state index contributed by atoms with van der Waals surface area (Å²) in [5.74, 6) is -0.188. The summed E-state index contributed by atoms with van der Waals surface area (Å²) >= 11 is 0. The maximum absolute atomic E-state index is 12.6. The molecule has 2 N–H and O–H groups in total. The van der Waals surface area contributed by atoms with Crippen LogP contribution in [0.1, 0.15) is 50.5 Å². The summed E-state index contributed by atoms with van der Waals surface area (Å²) in [4.78, 5) is 26.4. The van der Waals surface area contributed by atoms with Gasteiger partial charge < -0.3 is 5.73 Å². The van der Waals surface area contributed by atoms with Crippen molar-refractivity contribution < 1.29 is 9.59 Å². The summed E-state index contributed by atoms with van der Waals surface area (Å²) < 4.78 is 0. The fraction of sp³-hybridized carbons (Fsp3) is 0.529. The van der Waals surface area contributed by atoms with Gasteiger partial charge in [0, 0.05) is 12.8 Å². The van der Waals surface area contributed by atoms with Crippen LogP contribution in [0.2, 0.25) is 0 Å². The van der Waals surface area contributed by atoms with Gasteiger partial charge in [0.05, 0.1) is 11.4 Å². The highest BCUT2D eigenvalue weighted by Crippen LogP contribution is 2.46. The monoisotopic (exact) mass is 286 g/mol. The lowest BCUT2D eigenvalue weighted by Gasteiger charge is -2.42. The van der Waals surface area contributed by atoms with Crippen LogP contribution in [0.15, 0.2) is 18.2 Å². The maximum Gasteiger partial charge on any atom is 0.234 e. The zero-order valence-electron chi connectivity index (χ0n) is 12.5. The predicted molar refractivity (Wildman–Crippen MR) is 82.8 cm³/mol. The lowest BCUT2D eigenvalue weighted by molar-refractivity contribution is -0.134. The third-order valence-corrected chi connectivity index (χ3v) is 4.89. The minimum absolute atomic E-state index is 0.0810. The van der Waals surface area contributed by atoms with Crippen molar-refractivity contribution >= 4 is 23.2 Å². The molecule has 0 radical (unpaired) electrons. The zero-order valence-corrected chi connectivity index (χ0v) is 12.5. The molecule has 1 saturated carbocycles.